The van der Waals surface area contributed by atoms with Crippen LogP contribution in [0.3, 0.4) is 0 Å². The molecule has 1 atom stereocenters. The van der Waals surface area contributed by atoms with Gasteiger partial charge in [-0.2, -0.15) is 8.42 Å². The Balaban J connectivity index is 1.78. The fraction of sp³-hybridized carbons (Fsp3) is 0.190. The predicted molar refractivity (Wildman–Crippen MR) is 126 cm³/mol. The van der Waals surface area contributed by atoms with Crippen molar-refractivity contribution in [3.63, 3.8) is 0 Å². The van der Waals surface area contributed by atoms with E-state index in [0.717, 1.165) is 21.8 Å². The number of sulfonamides is 1. The Morgan fingerprint density at radius 3 is 2.48 bits per heavy atom. The smallest absolute Gasteiger partial charge is 0.284 e. The normalized spacial score (nSPS) is 17.7. The number of thioether (sulfide) groups is 1. The van der Waals surface area contributed by atoms with E-state index in [1.54, 1.807) is 24.3 Å². The number of rotatable bonds is 7. The first kappa shape index (κ1) is 23.2. The number of amidine groups is 1. The Hall–Kier alpha value is -2.43. The van der Waals surface area contributed by atoms with E-state index in [1.165, 1.54) is 23.1 Å². The van der Waals surface area contributed by atoms with Gasteiger partial charge < -0.3 is 5.32 Å². The van der Waals surface area contributed by atoms with Crippen molar-refractivity contribution in [2.45, 2.75) is 23.5 Å². The summed E-state index contributed by atoms with van der Waals surface area (Å²) in [5.41, 5.74) is 1.69. The molecule has 0 unspecified atom stereocenters. The van der Waals surface area contributed by atoms with Gasteiger partial charge in [0.05, 0.1) is 4.90 Å². The molecule has 1 saturated heterocycles. The molecule has 2 aromatic carbocycles. The van der Waals surface area contributed by atoms with Gasteiger partial charge in [0.25, 0.3) is 10.0 Å². The molecule has 1 aliphatic rings. The largest absolute Gasteiger partial charge is 0.326 e. The van der Waals surface area contributed by atoms with Gasteiger partial charge in [-0.25, -0.2) is 0 Å². The first-order chi connectivity index (χ1) is 14.7. The van der Waals surface area contributed by atoms with E-state index >= 15 is 0 Å². The predicted octanol–water partition coefficient (Wildman–Crippen LogP) is 3.96. The summed E-state index contributed by atoms with van der Waals surface area (Å²) in [5, 5.41) is 2.01. The van der Waals surface area contributed by atoms with Gasteiger partial charge in [-0.15, -0.1) is 11.0 Å². The monoisotopic (exact) mass is 521 g/mol. The highest BCUT2D eigenvalue weighted by molar-refractivity contribution is 9.10. The molecule has 0 bridgehead atoms. The van der Waals surface area contributed by atoms with Crippen molar-refractivity contribution in [2.75, 3.05) is 11.9 Å². The average molecular weight is 522 g/mol. The van der Waals surface area contributed by atoms with Gasteiger partial charge in [0.15, 0.2) is 5.17 Å². The van der Waals surface area contributed by atoms with Crippen LogP contribution in [0.2, 0.25) is 0 Å². The van der Waals surface area contributed by atoms with Crippen LogP contribution >= 0.6 is 27.7 Å². The first-order valence-electron chi connectivity index (χ1n) is 9.25. The fourth-order valence-electron chi connectivity index (χ4n) is 2.79. The molecule has 3 rings (SSSR count). The minimum Gasteiger partial charge on any atom is -0.326 e. The molecule has 1 aliphatic heterocycles. The van der Waals surface area contributed by atoms with E-state index in [-0.39, 0.29) is 34.8 Å². The summed E-state index contributed by atoms with van der Waals surface area (Å²) < 4.78 is 30.0. The Labute approximate surface area is 193 Å². The third-order valence-corrected chi connectivity index (χ3v) is 7.45. The SMILES string of the molecule is C=CCN1C(=O)[C@H](CC(=O)Nc2ccc(C)cc2)SC1=NS(=O)(=O)c1ccc(Br)cc1. The Kier molecular flexibility index (Phi) is 7.34. The number of amides is 2. The third-order valence-electron chi connectivity index (χ3n) is 4.35. The summed E-state index contributed by atoms with van der Waals surface area (Å²) in [5.74, 6) is -0.723. The second kappa shape index (κ2) is 9.80. The number of nitrogens with one attached hydrogen (secondary N) is 1. The zero-order valence-corrected chi connectivity index (χ0v) is 19.8. The minimum absolute atomic E-state index is 0.00960. The number of carbonyl (C=O) groups excluding carboxylic acids is 2. The van der Waals surface area contributed by atoms with Crippen LogP contribution in [0.1, 0.15) is 12.0 Å². The number of hydrogen-bond donors (Lipinski definition) is 1. The Morgan fingerprint density at radius 1 is 1.23 bits per heavy atom. The summed E-state index contributed by atoms with van der Waals surface area (Å²) in [7, 11) is -4.02. The molecule has 0 saturated carbocycles. The van der Waals surface area contributed by atoms with Gasteiger partial charge >= 0.3 is 0 Å². The second-order valence-corrected chi connectivity index (χ2v) is 10.5. The molecule has 10 heteroatoms. The van der Waals surface area contributed by atoms with Crippen LogP contribution in [0.5, 0.6) is 0 Å². The molecule has 2 aromatic rings. The molecular formula is C21H20BrN3O4S2. The van der Waals surface area contributed by atoms with Crippen LogP contribution in [0.4, 0.5) is 5.69 Å². The van der Waals surface area contributed by atoms with E-state index in [9.17, 15) is 18.0 Å². The molecular weight excluding hydrogens is 502 g/mol. The summed E-state index contributed by atoms with van der Waals surface area (Å²) in [6.07, 6.45) is 1.37. The topological polar surface area (TPSA) is 95.9 Å². The van der Waals surface area contributed by atoms with Crippen molar-refractivity contribution in [1.29, 1.82) is 0 Å². The highest BCUT2D eigenvalue weighted by Gasteiger charge is 2.39. The third kappa shape index (κ3) is 5.84. The van der Waals surface area contributed by atoms with Crippen molar-refractivity contribution >= 4 is 60.4 Å². The lowest BCUT2D eigenvalue weighted by molar-refractivity contribution is -0.127. The van der Waals surface area contributed by atoms with E-state index in [0.29, 0.717) is 5.69 Å². The number of aryl methyl sites for hydroxylation is 1. The lowest BCUT2D eigenvalue weighted by Crippen LogP contribution is -2.33. The van der Waals surface area contributed by atoms with Crippen molar-refractivity contribution in [2.24, 2.45) is 4.40 Å². The number of benzene rings is 2. The quantitative estimate of drug-likeness (QED) is 0.556. The highest BCUT2D eigenvalue weighted by Crippen LogP contribution is 2.31. The van der Waals surface area contributed by atoms with Crippen LogP contribution in [-0.2, 0) is 19.6 Å². The van der Waals surface area contributed by atoms with E-state index in [1.807, 2.05) is 19.1 Å². The van der Waals surface area contributed by atoms with Gasteiger partial charge in [0, 0.05) is 23.1 Å². The van der Waals surface area contributed by atoms with Gasteiger partial charge in [0.2, 0.25) is 11.8 Å². The van der Waals surface area contributed by atoms with Crippen molar-refractivity contribution < 1.29 is 18.0 Å². The van der Waals surface area contributed by atoms with Crippen LogP contribution in [-0.4, -0.2) is 42.1 Å². The molecule has 0 aliphatic carbocycles. The van der Waals surface area contributed by atoms with E-state index in [2.05, 4.69) is 32.2 Å². The summed E-state index contributed by atoms with van der Waals surface area (Å²) in [6, 6.07) is 13.3. The molecule has 1 heterocycles. The summed E-state index contributed by atoms with van der Waals surface area (Å²) >= 11 is 4.22. The molecule has 2 amide bonds. The van der Waals surface area contributed by atoms with Gasteiger partial charge in [-0.05, 0) is 43.3 Å². The van der Waals surface area contributed by atoms with Crippen molar-refractivity contribution in [3.05, 3.63) is 71.2 Å². The molecule has 31 heavy (non-hydrogen) atoms. The maximum Gasteiger partial charge on any atom is 0.284 e. The first-order valence-corrected chi connectivity index (χ1v) is 12.4. The Bertz CT molecular complexity index is 1130. The summed E-state index contributed by atoms with van der Waals surface area (Å²) in [4.78, 5) is 26.5. The lowest BCUT2D eigenvalue weighted by Gasteiger charge is -2.13. The standard InChI is InChI=1S/C21H20BrN3O4S2/c1-3-12-25-20(27)18(13-19(26)23-16-8-4-14(2)5-9-16)30-21(25)24-31(28,29)17-10-6-15(22)7-11-17/h3-11,18H,1,12-13H2,2H3,(H,23,26)/t18-/m0/s1. The molecule has 162 valence electrons. The van der Waals surface area contributed by atoms with Crippen LogP contribution < -0.4 is 5.32 Å². The number of nitrogens with zero attached hydrogens (tertiary/aromatic N) is 2. The zero-order chi connectivity index (χ0) is 22.6. The van der Waals surface area contributed by atoms with Crippen LogP contribution in [0.25, 0.3) is 0 Å². The maximum atomic E-state index is 12.8. The van der Waals surface area contributed by atoms with Gasteiger partial charge in [-0.3, -0.25) is 14.5 Å². The van der Waals surface area contributed by atoms with Crippen LogP contribution in [0.15, 0.2) is 75.0 Å². The second-order valence-electron chi connectivity index (χ2n) is 6.77. The average Bonchev–Trinajstić information content (AvgIpc) is 2.98. The molecule has 0 radical (unpaired) electrons. The molecule has 0 spiro atoms. The van der Waals surface area contributed by atoms with Gasteiger partial charge in [-0.1, -0.05) is 51.5 Å². The summed E-state index contributed by atoms with van der Waals surface area (Å²) in [6.45, 7) is 5.65. The number of halogens is 1. The van der Waals surface area contributed by atoms with Gasteiger partial charge in [0.1, 0.15) is 5.25 Å². The van der Waals surface area contributed by atoms with E-state index < -0.39 is 15.3 Å². The zero-order valence-electron chi connectivity index (χ0n) is 16.6. The highest BCUT2D eigenvalue weighted by atomic mass is 79.9. The number of hydrogen-bond acceptors (Lipinski definition) is 5. The van der Waals surface area contributed by atoms with E-state index in [4.69, 9.17) is 0 Å². The minimum atomic E-state index is -4.02. The van der Waals surface area contributed by atoms with Crippen molar-refractivity contribution in [3.8, 4) is 0 Å². The lowest BCUT2D eigenvalue weighted by atomic mass is 10.2. The number of anilines is 1. The molecule has 0 aromatic heterocycles. The fourth-order valence-corrected chi connectivity index (χ4v) is 5.42. The number of carbonyl (C=O) groups is 2. The van der Waals surface area contributed by atoms with Crippen molar-refractivity contribution in [1.82, 2.24) is 4.90 Å². The molecule has 1 fully saturated rings. The maximum absolute atomic E-state index is 12.8. The Morgan fingerprint density at radius 2 is 1.87 bits per heavy atom. The molecule has 1 N–H and O–H groups in total. The molecule has 7 nitrogen and oxygen atoms in total. The van der Waals surface area contributed by atoms with Crippen LogP contribution in [0, 0.1) is 6.92 Å².